The van der Waals surface area contributed by atoms with Gasteiger partial charge in [0.1, 0.15) is 23.4 Å². The number of benzene rings is 1. The number of ether oxygens (including phenoxy) is 3. The molecule has 1 heterocycles. The topological polar surface area (TPSA) is 63.2 Å². The number of aliphatic hydroxyl groups excluding tert-OH is 1. The van der Waals surface area contributed by atoms with E-state index in [-0.39, 0.29) is 6.04 Å². The summed E-state index contributed by atoms with van der Waals surface area (Å²) in [5.74, 6) is 1.79. The van der Waals surface area contributed by atoms with Crippen LogP contribution in [0.25, 0.3) is 0 Å². The highest BCUT2D eigenvalue weighted by Crippen LogP contribution is 2.40. The molecule has 22 heavy (non-hydrogen) atoms. The van der Waals surface area contributed by atoms with Gasteiger partial charge in [0.2, 0.25) is 0 Å². The average molecular weight is 310 g/mol. The number of nitrogens with zero attached hydrogens (tertiary/aromatic N) is 1. The molecule has 1 aromatic rings. The molecule has 1 saturated heterocycles. The van der Waals surface area contributed by atoms with Gasteiger partial charge in [0.15, 0.2) is 0 Å². The molecule has 0 bridgehead atoms. The van der Waals surface area contributed by atoms with Gasteiger partial charge in [-0.1, -0.05) is 0 Å². The summed E-state index contributed by atoms with van der Waals surface area (Å²) >= 11 is 0. The van der Waals surface area contributed by atoms with Crippen molar-refractivity contribution >= 4 is 0 Å². The Labute approximate surface area is 132 Å². The molecule has 6 heteroatoms. The molecule has 2 unspecified atom stereocenters. The molecule has 0 aliphatic carbocycles. The third-order valence-corrected chi connectivity index (χ3v) is 4.23. The van der Waals surface area contributed by atoms with E-state index >= 15 is 0 Å². The number of rotatable bonds is 6. The minimum atomic E-state index is -0.700. The Morgan fingerprint density at radius 3 is 2.05 bits per heavy atom. The van der Waals surface area contributed by atoms with Crippen molar-refractivity contribution in [1.29, 1.82) is 0 Å². The lowest BCUT2D eigenvalue weighted by Gasteiger charge is -2.36. The van der Waals surface area contributed by atoms with Crippen molar-refractivity contribution in [2.24, 2.45) is 0 Å². The van der Waals surface area contributed by atoms with Crippen molar-refractivity contribution < 1.29 is 19.3 Å². The third kappa shape index (κ3) is 3.45. The summed E-state index contributed by atoms with van der Waals surface area (Å²) in [4.78, 5) is 2.27. The number of hydrogen-bond donors (Lipinski definition) is 2. The van der Waals surface area contributed by atoms with Crippen molar-refractivity contribution in [2.75, 3.05) is 47.5 Å². The minimum Gasteiger partial charge on any atom is -0.496 e. The second-order valence-electron chi connectivity index (χ2n) is 5.42. The van der Waals surface area contributed by atoms with Crippen molar-refractivity contribution in [3.63, 3.8) is 0 Å². The predicted molar refractivity (Wildman–Crippen MR) is 85.0 cm³/mol. The van der Waals surface area contributed by atoms with E-state index in [0.717, 1.165) is 26.2 Å². The lowest BCUT2D eigenvalue weighted by atomic mass is 9.99. The van der Waals surface area contributed by atoms with Crippen LogP contribution in [-0.2, 0) is 0 Å². The number of methoxy groups -OCH3 is 3. The molecule has 1 aromatic carbocycles. The van der Waals surface area contributed by atoms with Gasteiger partial charge in [-0.3, -0.25) is 4.90 Å². The van der Waals surface area contributed by atoms with E-state index in [0.29, 0.717) is 22.8 Å². The number of aliphatic hydroxyl groups is 1. The van der Waals surface area contributed by atoms with Crippen LogP contribution in [0.2, 0.25) is 0 Å². The van der Waals surface area contributed by atoms with Crippen LogP contribution in [0, 0.1) is 0 Å². The molecule has 0 amide bonds. The Bertz CT molecular complexity index is 464. The summed E-state index contributed by atoms with van der Waals surface area (Å²) in [7, 11) is 4.76. The lowest BCUT2D eigenvalue weighted by Crippen LogP contribution is -2.49. The first-order chi connectivity index (χ1) is 10.6. The zero-order valence-electron chi connectivity index (χ0n) is 13.8. The van der Waals surface area contributed by atoms with E-state index in [4.69, 9.17) is 14.2 Å². The molecule has 124 valence electrons. The van der Waals surface area contributed by atoms with Gasteiger partial charge in [-0.2, -0.15) is 0 Å². The average Bonchev–Trinajstić information content (AvgIpc) is 2.59. The summed E-state index contributed by atoms with van der Waals surface area (Å²) < 4.78 is 16.1. The summed E-state index contributed by atoms with van der Waals surface area (Å²) in [6.07, 6.45) is -0.700. The number of nitrogens with one attached hydrogen (secondary N) is 1. The molecular weight excluding hydrogens is 284 g/mol. The van der Waals surface area contributed by atoms with E-state index in [9.17, 15) is 5.11 Å². The van der Waals surface area contributed by atoms with Gasteiger partial charge in [0.25, 0.3) is 0 Å². The largest absolute Gasteiger partial charge is 0.496 e. The van der Waals surface area contributed by atoms with Crippen LogP contribution in [0.3, 0.4) is 0 Å². The zero-order chi connectivity index (χ0) is 16.1. The maximum atomic E-state index is 10.9. The first kappa shape index (κ1) is 16.9. The Hall–Kier alpha value is -1.50. The van der Waals surface area contributed by atoms with Crippen LogP contribution in [0.15, 0.2) is 12.1 Å². The molecular formula is C16H26N2O4. The molecule has 1 aliphatic heterocycles. The summed E-state index contributed by atoms with van der Waals surface area (Å²) in [6.45, 7) is 5.74. The fraction of sp³-hybridized carbons (Fsp3) is 0.625. The van der Waals surface area contributed by atoms with Crippen LogP contribution in [0.4, 0.5) is 0 Å². The molecule has 1 aliphatic rings. The normalized spacial score (nSPS) is 18.6. The van der Waals surface area contributed by atoms with E-state index in [2.05, 4.69) is 10.2 Å². The first-order valence-electron chi connectivity index (χ1n) is 7.55. The molecule has 0 saturated carbocycles. The van der Waals surface area contributed by atoms with E-state index in [1.807, 2.05) is 6.92 Å². The highest BCUT2D eigenvalue weighted by Gasteiger charge is 2.29. The van der Waals surface area contributed by atoms with Crippen LogP contribution in [0.1, 0.15) is 18.6 Å². The molecule has 6 nitrogen and oxygen atoms in total. The van der Waals surface area contributed by atoms with E-state index in [1.54, 1.807) is 33.5 Å². The fourth-order valence-corrected chi connectivity index (χ4v) is 2.85. The van der Waals surface area contributed by atoms with Crippen LogP contribution >= 0.6 is 0 Å². The smallest absolute Gasteiger partial charge is 0.132 e. The van der Waals surface area contributed by atoms with Crippen molar-refractivity contribution in [1.82, 2.24) is 10.2 Å². The standard InChI is InChI=1S/C16H26N2O4/c1-11(18-7-5-17-6-8-18)16(19)15-13(21-3)9-12(20-2)10-14(15)22-4/h9-11,16-17,19H,5-8H2,1-4H3. The molecule has 0 radical (unpaired) electrons. The molecule has 2 rings (SSSR count). The van der Waals surface area contributed by atoms with Gasteiger partial charge in [0.05, 0.1) is 26.9 Å². The van der Waals surface area contributed by atoms with Gasteiger partial charge < -0.3 is 24.6 Å². The second kappa shape index (κ2) is 7.67. The Balaban J connectivity index is 2.32. The summed E-state index contributed by atoms with van der Waals surface area (Å²) in [5, 5.41) is 14.2. The molecule has 2 N–H and O–H groups in total. The van der Waals surface area contributed by atoms with Crippen LogP contribution in [0.5, 0.6) is 17.2 Å². The van der Waals surface area contributed by atoms with Gasteiger partial charge in [-0.15, -0.1) is 0 Å². The third-order valence-electron chi connectivity index (χ3n) is 4.23. The monoisotopic (exact) mass is 310 g/mol. The predicted octanol–water partition coefficient (Wildman–Crippen LogP) is 1.04. The van der Waals surface area contributed by atoms with Crippen molar-refractivity contribution in [3.8, 4) is 17.2 Å². The molecule has 2 atom stereocenters. The summed E-state index contributed by atoms with van der Waals surface area (Å²) in [5.41, 5.74) is 0.664. The molecule has 0 spiro atoms. The Morgan fingerprint density at radius 1 is 1.05 bits per heavy atom. The first-order valence-corrected chi connectivity index (χ1v) is 7.55. The second-order valence-corrected chi connectivity index (χ2v) is 5.42. The SMILES string of the molecule is COc1cc(OC)c(C(O)C(C)N2CCNCC2)c(OC)c1. The maximum absolute atomic E-state index is 10.9. The lowest BCUT2D eigenvalue weighted by molar-refractivity contribution is 0.0478. The Kier molecular flexibility index (Phi) is 5.88. The summed E-state index contributed by atoms with van der Waals surface area (Å²) in [6, 6.07) is 3.51. The number of piperazine rings is 1. The fourth-order valence-electron chi connectivity index (χ4n) is 2.85. The zero-order valence-corrected chi connectivity index (χ0v) is 13.8. The van der Waals surface area contributed by atoms with E-state index < -0.39 is 6.10 Å². The Morgan fingerprint density at radius 2 is 1.59 bits per heavy atom. The van der Waals surface area contributed by atoms with Gasteiger partial charge in [-0.25, -0.2) is 0 Å². The van der Waals surface area contributed by atoms with Crippen molar-refractivity contribution in [3.05, 3.63) is 17.7 Å². The van der Waals surface area contributed by atoms with E-state index in [1.165, 1.54) is 0 Å². The van der Waals surface area contributed by atoms with Gasteiger partial charge in [0, 0.05) is 44.4 Å². The van der Waals surface area contributed by atoms with Gasteiger partial charge in [-0.05, 0) is 6.92 Å². The highest BCUT2D eigenvalue weighted by molar-refractivity contribution is 5.52. The van der Waals surface area contributed by atoms with Gasteiger partial charge >= 0.3 is 0 Å². The molecule has 0 aromatic heterocycles. The quantitative estimate of drug-likeness (QED) is 0.818. The van der Waals surface area contributed by atoms with Crippen LogP contribution < -0.4 is 19.5 Å². The van der Waals surface area contributed by atoms with Crippen LogP contribution in [-0.4, -0.2) is 63.6 Å². The highest BCUT2D eigenvalue weighted by atomic mass is 16.5. The minimum absolute atomic E-state index is 0.0294. The molecule has 1 fully saturated rings. The maximum Gasteiger partial charge on any atom is 0.132 e. The van der Waals surface area contributed by atoms with Crippen molar-refractivity contribution in [2.45, 2.75) is 19.1 Å². The number of hydrogen-bond acceptors (Lipinski definition) is 6.